The second-order valence-corrected chi connectivity index (χ2v) is 17.9. The number of nitrogens with one attached hydrogen (secondary N) is 3. The second-order valence-electron chi connectivity index (χ2n) is 15.7. The molecule has 0 aliphatic carbocycles. The van der Waals surface area contributed by atoms with Crippen LogP contribution in [0.1, 0.15) is 120 Å². The average molecular weight is 871 g/mol. The molecule has 3 aliphatic rings. The Bertz CT molecular complexity index is 3310. The molecule has 4 aromatic carbocycles. The Morgan fingerprint density at radius 3 is 1.73 bits per heavy atom. The highest BCUT2D eigenvalue weighted by Gasteiger charge is 2.39. The third-order valence-electron chi connectivity index (χ3n) is 11.7. The van der Waals surface area contributed by atoms with Crippen molar-refractivity contribution in [2.45, 2.75) is 46.5 Å². The zero-order valence-corrected chi connectivity index (χ0v) is 35.7. The van der Waals surface area contributed by atoms with Crippen molar-refractivity contribution in [2.75, 3.05) is 6.54 Å². The van der Waals surface area contributed by atoms with Crippen molar-refractivity contribution in [3.8, 4) is 42.3 Å². The summed E-state index contributed by atoms with van der Waals surface area (Å²) < 4.78 is 0. The third-order valence-corrected chi connectivity index (χ3v) is 13.9. The van der Waals surface area contributed by atoms with Gasteiger partial charge in [0.25, 0.3) is 35.4 Å². The Labute approximate surface area is 366 Å². The fourth-order valence-corrected chi connectivity index (χ4v) is 10.6. The molecule has 0 spiro atoms. The molecule has 0 saturated carbocycles. The molecule has 3 N–H and O–H groups in total. The molecule has 0 bridgehead atoms. The maximum atomic E-state index is 14.4. The lowest BCUT2D eigenvalue weighted by Gasteiger charge is -2.30. The number of benzene rings is 4. The molecule has 0 unspecified atom stereocenters. The van der Waals surface area contributed by atoms with E-state index in [0.29, 0.717) is 75.3 Å². The molecule has 63 heavy (non-hydrogen) atoms. The van der Waals surface area contributed by atoms with E-state index in [1.54, 1.807) is 55.5 Å². The van der Waals surface area contributed by atoms with E-state index >= 15 is 0 Å². The molecule has 10 rings (SSSR count). The number of rotatable bonds is 11. The van der Waals surface area contributed by atoms with Crippen LogP contribution in [-0.4, -0.2) is 73.0 Å². The van der Waals surface area contributed by atoms with Gasteiger partial charge in [-0.15, -0.1) is 43.1 Å². The number of carbonyl (C=O) groups excluding carboxylic acids is 6. The van der Waals surface area contributed by atoms with Crippen LogP contribution in [0.25, 0.3) is 69.4 Å². The van der Waals surface area contributed by atoms with Crippen molar-refractivity contribution < 1.29 is 28.8 Å². The first kappa shape index (κ1) is 39.7. The molecule has 3 aromatic heterocycles. The molecule has 0 saturated heterocycles. The van der Waals surface area contributed by atoms with Crippen LogP contribution in [0.3, 0.4) is 0 Å². The topological polar surface area (TPSA) is 205 Å². The van der Waals surface area contributed by atoms with Crippen molar-refractivity contribution >= 4 is 90.9 Å². The standard InChI is InChI=1S/C47H34N8O6S2/c1-5-6-7-8-17-55-46(60)25-12-11-23-35-29(44(58)49-42(23)56)19-28(39(37(25)35)47(55)61)31-14-16-33(63-31)41-53-51-40(52-54-41)32-15-13-30(62-32)27-18-26(21(4)48)34-22(20(2)3)9-10-24-36(34)38(27)45(59)50-43(24)57/h9-16,18-19,48H,2,5-8,17H2,1,3-4H3,(H,49,56,58)(H,50,57,59). The zero-order chi connectivity index (χ0) is 44.0. The summed E-state index contributed by atoms with van der Waals surface area (Å²) >= 11 is 2.56. The molecule has 6 heterocycles. The van der Waals surface area contributed by atoms with Gasteiger partial charge in [-0.25, -0.2) is 0 Å². The van der Waals surface area contributed by atoms with Crippen LogP contribution in [-0.2, 0) is 0 Å². The highest BCUT2D eigenvalue weighted by molar-refractivity contribution is 7.19. The van der Waals surface area contributed by atoms with Gasteiger partial charge in [-0.1, -0.05) is 44.4 Å². The normalized spacial score (nSPS) is 14.2. The zero-order valence-electron chi connectivity index (χ0n) is 34.0. The molecule has 0 fully saturated rings. The lowest BCUT2D eigenvalue weighted by Crippen LogP contribution is -2.42. The summed E-state index contributed by atoms with van der Waals surface area (Å²) in [4.78, 5) is 84.8. The summed E-state index contributed by atoms with van der Waals surface area (Å²) in [5.41, 5.74) is 4.89. The quantitative estimate of drug-likeness (QED) is 0.0640. The number of unbranched alkanes of at least 4 members (excludes halogenated alkanes) is 3. The number of hydrogen-bond acceptors (Lipinski definition) is 13. The first-order chi connectivity index (χ1) is 30.4. The lowest BCUT2D eigenvalue weighted by atomic mass is 9.83. The Hall–Kier alpha value is -7.43. The minimum Gasteiger partial charge on any atom is -0.305 e. The molecule has 3 aliphatic heterocycles. The second kappa shape index (κ2) is 14.9. The molecule has 0 atom stereocenters. The van der Waals surface area contributed by atoms with Gasteiger partial charge in [0.1, 0.15) is 0 Å². The lowest BCUT2D eigenvalue weighted by molar-refractivity contribution is 0.0605. The number of aromatic nitrogens is 4. The minimum atomic E-state index is -0.620. The van der Waals surface area contributed by atoms with Gasteiger partial charge in [0, 0.05) is 77.1 Å². The van der Waals surface area contributed by atoms with Gasteiger partial charge < -0.3 is 5.41 Å². The predicted molar refractivity (Wildman–Crippen MR) is 240 cm³/mol. The Kier molecular flexibility index (Phi) is 9.38. The largest absolute Gasteiger partial charge is 0.305 e. The maximum absolute atomic E-state index is 14.4. The monoisotopic (exact) mass is 870 g/mol. The van der Waals surface area contributed by atoms with E-state index in [1.807, 2.05) is 13.0 Å². The number of hydrogen-bond donors (Lipinski definition) is 3. The van der Waals surface area contributed by atoms with Crippen molar-refractivity contribution in [3.05, 3.63) is 112 Å². The van der Waals surface area contributed by atoms with Gasteiger partial charge in [0.05, 0.1) is 20.9 Å². The summed E-state index contributed by atoms with van der Waals surface area (Å²) in [5, 5.41) is 32.8. The van der Waals surface area contributed by atoms with Crippen molar-refractivity contribution in [1.29, 1.82) is 5.41 Å². The van der Waals surface area contributed by atoms with E-state index < -0.39 is 35.4 Å². The van der Waals surface area contributed by atoms with Gasteiger partial charge in [-0.05, 0) is 85.8 Å². The molecule has 310 valence electrons. The van der Waals surface area contributed by atoms with Crippen molar-refractivity contribution in [3.63, 3.8) is 0 Å². The molecule has 6 amide bonds. The summed E-state index contributed by atoms with van der Waals surface area (Å²) in [5.74, 6) is -2.77. The fourth-order valence-electron chi connectivity index (χ4n) is 8.74. The van der Waals surface area contributed by atoms with Crippen LogP contribution in [0, 0.1) is 5.41 Å². The minimum absolute atomic E-state index is 0.190. The van der Waals surface area contributed by atoms with E-state index in [4.69, 9.17) is 5.41 Å². The fraction of sp³-hybridized carbons (Fsp3) is 0.170. The number of nitrogens with zero attached hydrogens (tertiary/aromatic N) is 5. The van der Waals surface area contributed by atoms with Gasteiger partial charge in [0.15, 0.2) is 0 Å². The average Bonchev–Trinajstić information content (AvgIpc) is 3.97. The molecular weight excluding hydrogens is 837 g/mol. The van der Waals surface area contributed by atoms with Gasteiger partial charge in [0.2, 0.25) is 11.6 Å². The molecule has 14 nitrogen and oxygen atoms in total. The van der Waals surface area contributed by atoms with Crippen LogP contribution in [0.2, 0.25) is 0 Å². The summed E-state index contributed by atoms with van der Waals surface area (Å²) in [6.45, 7) is 9.94. The smallest absolute Gasteiger partial charge is 0.262 e. The van der Waals surface area contributed by atoms with Crippen LogP contribution < -0.4 is 10.6 Å². The van der Waals surface area contributed by atoms with Gasteiger partial charge in [-0.3, -0.25) is 44.3 Å². The highest BCUT2D eigenvalue weighted by Crippen LogP contribution is 2.46. The first-order valence-electron chi connectivity index (χ1n) is 20.2. The van der Waals surface area contributed by atoms with Crippen LogP contribution >= 0.6 is 22.7 Å². The molecule has 7 aromatic rings. The molecule has 0 radical (unpaired) electrons. The van der Waals surface area contributed by atoms with E-state index in [-0.39, 0.29) is 46.2 Å². The van der Waals surface area contributed by atoms with E-state index in [1.165, 1.54) is 33.6 Å². The number of imide groups is 3. The Balaban J connectivity index is 1.02. The Morgan fingerprint density at radius 2 is 1.11 bits per heavy atom. The Morgan fingerprint density at radius 1 is 0.571 bits per heavy atom. The summed E-state index contributed by atoms with van der Waals surface area (Å²) in [7, 11) is 0. The van der Waals surface area contributed by atoms with Crippen LogP contribution in [0.15, 0.2) is 67.2 Å². The molecule has 16 heteroatoms. The summed E-state index contributed by atoms with van der Waals surface area (Å²) in [6.07, 6.45) is 3.46. The van der Waals surface area contributed by atoms with Crippen LogP contribution in [0.5, 0.6) is 0 Å². The molecular formula is C47H34N8O6S2. The number of amides is 6. The number of allylic oxidation sites excluding steroid dienone is 1. The number of carbonyl (C=O) groups is 6. The van der Waals surface area contributed by atoms with Gasteiger partial charge in [-0.2, -0.15) is 0 Å². The predicted octanol–water partition coefficient (Wildman–Crippen LogP) is 8.73. The first-order valence-corrected chi connectivity index (χ1v) is 21.8. The van der Waals surface area contributed by atoms with Gasteiger partial charge >= 0.3 is 0 Å². The maximum Gasteiger partial charge on any atom is 0.262 e. The number of thiophene rings is 2. The van der Waals surface area contributed by atoms with Crippen molar-refractivity contribution in [1.82, 2.24) is 35.9 Å². The SMILES string of the molecule is C=C(C)c1ccc2c3c(c(-c4ccc(-c5nnc(-c6ccc(-c7cc8c9c(ccc%10c9c7C(=O)N(CCCCCC)C%10=O)C(=O)NC8=O)s6)nn5)s4)cc(C(C)=N)c13)C(=O)NC2=O. The highest BCUT2D eigenvalue weighted by atomic mass is 32.1. The van der Waals surface area contributed by atoms with E-state index in [9.17, 15) is 28.8 Å². The summed E-state index contributed by atoms with van der Waals surface area (Å²) in [6, 6.07) is 17.1. The van der Waals surface area contributed by atoms with Crippen molar-refractivity contribution in [2.24, 2.45) is 0 Å². The van der Waals surface area contributed by atoms with E-state index in [0.717, 1.165) is 30.4 Å². The third kappa shape index (κ3) is 6.15. The van der Waals surface area contributed by atoms with Crippen LogP contribution in [0.4, 0.5) is 0 Å². The van der Waals surface area contributed by atoms with E-state index in [2.05, 4.69) is 44.5 Å².